The average molecular weight is 537 g/mol. The maximum Gasteiger partial charge on any atom is 0.272 e. The summed E-state index contributed by atoms with van der Waals surface area (Å²) in [5.41, 5.74) is 4.64. The number of carbonyl (C=O) groups excluding carboxylic acids is 3. The number of hydrogen-bond acceptors (Lipinski definition) is 5. The predicted octanol–water partition coefficient (Wildman–Crippen LogP) is 5.84. The maximum atomic E-state index is 13.1. The zero-order valence-electron chi connectivity index (χ0n) is 21.6. The maximum absolute atomic E-state index is 13.1. The number of benzene rings is 3. The molecule has 1 aromatic heterocycles. The number of pyridine rings is 1. The minimum absolute atomic E-state index is 0.0819. The minimum atomic E-state index is -0.476. The number of amides is 3. The monoisotopic (exact) mass is 536 g/mol. The number of nitrogens with zero attached hydrogens (tertiary/aromatic N) is 1. The van der Waals surface area contributed by atoms with E-state index in [-0.39, 0.29) is 17.4 Å². The van der Waals surface area contributed by atoms with Crippen molar-refractivity contribution in [2.45, 2.75) is 18.7 Å². The Hall–Kier alpha value is -4.69. The fraction of sp³-hybridized carbons (Fsp3) is 0.0968. The number of thioether (sulfide) groups is 1. The van der Waals surface area contributed by atoms with Gasteiger partial charge in [0.1, 0.15) is 5.70 Å². The van der Waals surface area contributed by atoms with Gasteiger partial charge in [-0.2, -0.15) is 0 Å². The zero-order valence-corrected chi connectivity index (χ0v) is 22.4. The van der Waals surface area contributed by atoms with Gasteiger partial charge >= 0.3 is 0 Å². The second kappa shape index (κ2) is 13.2. The second-order valence-corrected chi connectivity index (χ2v) is 9.85. The Labute approximate surface area is 231 Å². The molecule has 0 atom stereocenters. The molecule has 0 fully saturated rings. The SMILES string of the molecule is Cc1ccc(C)c(NC(=O)CSc2ccc(NC(=O)/C(=C/c3cccnc3)NC(=O)c3ccccc3)cc2)c1. The highest BCUT2D eigenvalue weighted by Gasteiger charge is 2.15. The Morgan fingerprint density at radius 1 is 0.872 bits per heavy atom. The van der Waals surface area contributed by atoms with E-state index in [1.165, 1.54) is 11.8 Å². The molecule has 3 N–H and O–H groups in total. The fourth-order valence-corrected chi connectivity index (χ4v) is 4.31. The lowest BCUT2D eigenvalue weighted by Crippen LogP contribution is -2.30. The van der Waals surface area contributed by atoms with Gasteiger partial charge in [-0.05, 0) is 85.1 Å². The molecule has 0 spiro atoms. The number of nitrogens with one attached hydrogen (secondary N) is 3. The van der Waals surface area contributed by atoms with E-state index < -0.39 is 11.8 Å². The van der Waals surface area contributed by atoms with E-state index in [9.17, 15) is 14.4 Å². The van der Waals surface area contributed by atoms with Crippen molar-refractivity contribution < 1.29 is 14.4 Å². The lowest BCUT2D eigenvalue weighted by Gasteiger charge is -2.12. The van der Waals surface area contributed by atoms with Crippen molar-refractivity contribution in [2.75, 3.05) is 16.4 Å². The van der Waals surface area contributed by atoms with Crippen LogP contribution >= 0.6 is 11.8 Å². The van der Waals surface area contributed by atoms with Crippen molar-refractivity contribution in [3.05, 3.63) is 125 Å². The number of hydrogen-bond donors (Lipinski definition) is 3. The lowest BCUT2D eigenvalue weighted by atomic mass is 10.1. The van der Waals surface area contributed by atoms with Crippen molar-refractivity contribution >= 4 is 46.9 Å². The summed E-state index contributed by atoms with van der Waals surface area (Å²) in [5, 5.41) is 8.49. The third-order valence-corrected chi connectivity index (χ3v) is 6.69. The van der Waals surface area contributed by atoms with Crippen molar-refractivity contribution in [1.29, 1.82) is 0 Å². The van der Waals surface area contributed by atoms with Crippen LogP contribution in [0.15, 0.2) is 108 Å². The van der Waals surface area contributed by atoms with Gasteiger partial charge in [0.25, 0.3) is 11.8 Å². The summed E-state index contributed by atoms with van der Waals surface area (Å²) >= 11 is 1.40. The first-order chi connectivity index (χ1) is 18.9. The Morgan fingerprint density at radius 2 is 1.64 bits per heavy atom. The highest BCUT2D eigenvalue weighted by atomic mass is 32.2. The quantitative estimate of drug-likeness (QED) is 0.184. The van der Waals surface area contributed by atoms with Crippen LogP contribution in [0.1, 0.15) is 27.0 Å². The molecule has 0 unspecified atom stereocenters. The summed E-state index contributed by atoms with van der Waals surface area (Å²) in [4.78, 5) is 43.3. The first-order valence-corrected chi connectivity index (χ1v) is 13.3. The van der Waals surface area contributed by atoms with Crippen LogP contribution in [-0.2, 0) is 9.59 Å². The highest BCUT2D eigenvalue weighted by molar-refractivity contribution is 8.00. The number of aryl methyl sites for hydroxylation is 2. The number of anilines is 2. The molecule has 0 aliphatic carbocycles. The second-order valence-electron chi connectivity index (χ2n) is 8.80. The molecule has 0 aliphatic rings. The van der Waals surface area contributed by atoms with Crippen molar-refractivity contribution in [1.82, 2.24) is 10.3 Å². The average Bonchev–Trinajstić information content (AvgIpc) is 2.95. The molecule has 0 bridgehead atoms. The first-order valence-electron chi connectivity index (χ1n) is 12.3. The number of aromatic nitrogens is 1. The van der Waals surface area contributed by atoms with Gasteiger partial charge in [0.15, 0.2) is 0 Å². The molecule has 0 saturated heterocycles. The summed E-state index contributed by atoms with van der Waals surface area (Å²) in [5.74, 6) is -0.712. The van der Waals surface area contributed by atoms with Crippen LogP contribution in [-0.4, -0.2) is 28.5 Å². The Morgan fingerprint density at radius 3 is 2.36 bits per heavy atom. The predicted molar refractivity (Wildman–Crippen MR) is 156 cm³/mol. The molecule has 3 aromatic carbocycles. The van der Waals surface area contributed by atoms with Crippen LogP contribution in [0.3, 0.4) is 0 Å². The van der Waals surface area contributed by atoms with Gasteiger partial charge in [-0.3, -0.25) is 19.4 Å². The van der Waals surface area contributed by atoms with E-state index in [2.05, 4.69) is 20.9 Å². The molecule has 4 rings (SSSR count). The van der Waals surface area contributed by atoms with Gasteiger partial charge in [-0.25, -0.2) is 0 Å². The normalized spacial score (nSPS) is 11.0. The summed E-state index contributed by atoms with van der Waals surface area (Å²) in [6.07, 6.45) is 4.80. The zero-order chi connectivity index (χ0) is 27.6. The largest absolute Gasteiger partial charge is 0.325 e. The standard InChI is InChI=1S/C31H28N4O3S/c1-21-10-11-22(2)27(17-21)34-29(36)20-39-26-14-12-25(13-15-26)33-31(38)28(18-23-7-6-16-32-19-23)35-30(37)24-8-4-3-5-9-24/h3-19H,20H2,1-2H3,(H,33,38)(H,34,36)(H,35,37)/b28-18-. The van der Waals surface area contributed by atoms with Gasteiger partial charge in [0.05, 0.1) is 5.75 Å². The van der Waals surface area contributed by atoms with E-state index in [0.717, 1.165) is 21.7 Å². The fourth-order valence-electron chi connectivity index (χ4n) is 3.61. The van der Waals surface area contributed by atoms with Crippen LogP contribution in [0, 0.1) is 13.8 Å². The van der Waals surface area contributed by atoms with Crippen LogP contribution in [0.4, 0.5) is 11.4 Å². The molecule has 8 heteroatoms. The number of carbonyl (C=O) groups is 3. The summed E-state index contributed by atoms with van der Waals surface area (Å²) in [7, 11) is 0. The Bertz CT molecular complexity index is 1490. The lowest BCUT2D eigenvalue weighted by molar-refractivity contribution is -0.114. The van der Waals surface area contributed by atoms with E-state index in [0.29, 0.717) is 16.8 Å². The summed E-state index contributed by atoms with van der Waals surface area (Å²) in [6.45, 7) is 3.94. The van der Waals surface area contributed by atoms with E-state index in [1.54, 1.807) is 67.0 Å². The molecule has 7 nitrogen and oxygen atoms in total. The Kier molecular flexibility index (Phi) is 9.26. The van der Waals surface area contributed by atoms with Crippen molar-refractivity contribution in [3.63, 3.8) is 0 Å². The van der Waals surface area contributed by atoms with Crippen molar-refractivity contribution in [3.8, 4) is 0 Å². The van der Waals surface area contributed by atoms with E-state index in [4.69, 9.17) is 0 Å². The van der Waals surface area contributed by atoms with Gasteiger partial charge in [-0.1, -0.05) is 36.4 Å². The molecular weight excluding hydrogens is 508 g/mol. The minimum Gasteiger partial charge on any atom is -0.325 e. The van der Waals surface area contributed by atoms with Crippen LogP contribution in [0.5, 0.6) is 0 Å². The smallest absolute Gasteiger partial charge is 0.272 e. The Balaban J connectivity index is 1.39. The molecule has 0 aliphatic heterocycles. The van der Waals surface area contributed by atoms with Crippen LogP contribution < -0.4 is 16.0 Å². The van der Waals surface area contributed by atoms with Gasteiger partial charge < -0.3 is 16.0 Å². The topological polar surface area (TPSA) is 100 Å². The molecule has 196 valence electrons. The van der Waals surface area contributed by atoms with Gasteiger partial charge in [0.2, 0.25) is 5.91 Å². The number of rotatable bonds is 9. The van der Waals surface area contributed by atoms with Gasteiger partial charge in [0, 0.05) is 34.2 Å². The molecular formula is C31H28N4O3S. The van der Waals surface area contributed by atoms with Gasteiger partial charge in [-0.15, -0.1) is 11.8 Å². The highest BCUT2D eigenvalue weighted by Crippen LogP contribution is 2.22. The van der Waals surface area contributed by atoms with E-state index >= 15 is 0 Å². The van der Waals surface area contributed by atoms with Crippen LogP contribution in [0.2, 0.25) is 0 Å². The summed E-state index contributed by atoms with van der Waals surface area (Å²) in [6, 6.07) is 25.3. The summed E-state index contributed by atoms with van der Waals surface area (Å²) < 4.78 is 0. The molecule has 1 heterocycles. The molecule has 0 saturated carbocycles. The molecule has 4 aromatic rings. The third kappa shape index (κ3) is 8.15. The molecule has 39 heavy (non-hydrogen) atoms. The molecule has 0 radical (unpaired) electrons. The van der Waals surface area contributed by atoms with Crippen LogP contribution in [0.25, 0.3) is 6.08 Å². The van der Waals surface area contributed by atoms with E-state index in [1.807, 2.05) is 50.2 Å². The third-order valence-electron chi connectivity index (χ3n) is 5.67. The first kappa shape index (κ1) is 27.3. The van der Waals surface area contributed by atoms with Crippen molar-refractivity contribution in [2.24, 2.45) is 0 Å². The molecule has 3 amide bonds.